The average Bonchev–Trinajstić information content (AvgIpc) is 2.35. The quantitative estimate of drug-likeness (QED) is 0.612. The van der Waals surface area contributed by atoms with Crippen LogP contribution in [0.1, 0.15) is 0 Å². The second-order valence-electron chi connectivity index (χ2n) is 2.64. The van der Waals surface area contributed by atoms with Crippen molar-refractivity contribution < 1.29 is 14.2 Å². The number of nitrogens with one attached hydrogen (secondary N) is 1. The standard InChI is InChI=1S/C9H12N4O3S/c1-4-5-16-9(17)12-6-10-7(14-2)13-8(11-6)15-3/h4H,1,5H2,2-3H3,(H,10,11,12,13,17). The summed E-state index contributed by atoms with van der Waals surface area (Å²) in [6.07, 6.45) is 1.57. The molecule has 7 nitrogen and oxygen atoms in total. The van der Waals surface area contributed by atoms with Gasteiger partial charge >= 0.3 is 12.0 Å². The van der Waals surface area contributed by atoms with Gasteiger partial charge in [-0.25, -0.2) is 0 Å². The van der Waals surface area contributed by atoms with E-state index in [2.05, 4.69) is 26.8 Å². The van der Waals surface area contributed by atoms with Crippen molar-refractivity contribution in [3.8, 4) is 12.0 Å². The molecular formula is C9H12N4O3S. The molecule has 1 rings (SSSR count). The average molecular weight is 256 g/mol. The Labute approximate surface area is 104 Å². The van der Waals surface area contributed by atoms with E-state index in [4.69, 9.17) is 26.4 Å². The molecule has 1 heterocycles. The fraction of sp³-hybridized carbons (Fsp3) is 0.333. The van der Waals surface area contributed by atoms with Crippen LogP contribution in [-0.4, -0.2) is 41.0 Å². The third kappa shape index (κ3) is 4.19. The van der Waals surface area contributed by atoms with Crippen molar-refractivity contribution in [2.75, 3.05) is 26.1 Å². The van der Waals surface area contributed by atoms with E-state index in [0.29, 0.717) is 6.61 Å². The molecule has 0 aliphatic heterocycles. The predicted molar refractivity (Wildman–Crippen MR) is 65.3 cm³/mol. The zero-order valence-corrected chi connectivity index (χ0v) is 10.3. The SMILES string of the molecule is C=CCOC(=S)Nc1nc(OC)nc(OC)n1. The maximum atomic E-state index is 5.06. The summed E-state index contributed by atoms with van der Waals surface area (Å²) in [5.74, 6) is 0.183. The van der Waals surface area contributed by atoms with Gasteiger partial charge < -0.3 is 14.2 Å². The van der Waals surface area contributed by atoms with Crippen LogP contribution in [0.4, 0.5) is 5.95 Å². The molecule has 0 saturated heterocycles. The van der Waals surface area contributed by atoms with E-state index < -0.39 is 0 Å². The fourth-order valence-electron chi connectivity index (χ4n) is 0.838. The number of hydrogen-bond donors (Lipinski definition) is 1. The summed E-state index contributed by atoms with van der Waals surface area (Å²) >= 11 is 4.90. The number of anilines is 1. The highest BCUT2D eigenvalue weighted by Gasteiger charge is 2.08. The summed E-state index contributed by atoms with van der Waals surface area (Å²) in [7, 11) is 2.87. The first-order valence-electron chi connectivity index (χ1n) is 4.58. The summed E-state index contributed by atoms with van der Waals surface area (Å²) in [5, 5.41) is 2.79. The molecule has 17 heavy (non-hydrogen) atoms. The molecule has 0 aromatic carbocycles. The van der Waals surface area contributed by atoms with Crippen molar-refractivity contribution in [1.29, 1.82) is 0 Å². The molecule has 1 aromatic rings. The van der Waals surface area contributed by atoms with Crippen LogP contribution in [0.25, 0.3) is 0 Å². The minimum Gasteiger partial charge on any atom is -0.467 e. The molecule has 0 saturated carbocycles. The molecule has 1 aromatic heterocycles. The molecule has 0 amide bonds. The van der Waals surface area contributed by atoms with Crippen LogP contribution in [-0.2, 0) is 4.74 Å². The van der Waals surface area contributed by atoms with Gasteiger partial charge in [0.25, 0.3) is 5.17 Å². The number of nitrogens with zero attached hydrogens (tertiary/aromatic N) is 3. The van der Waals surface area contributed by atoms with Gasteiger partial charge in [0.1, 0.15) is 6.61 Å². The van der Waals surface area contributed by atoms with Gasteiger partial charge in [0.2, 0.25) is 5.95 Å². The van der Waals surface area contributed by atoms with E-state index in [1.807, 2.05) is 0 Å². The Hall–Kier alpha value is -1.96. The lowest BCUT2D eigenvalue weighted by atomic mass is 10.7. The third-order valence-corrected chi connectivity index (χ3v) is 1.73. The van der Waals surface area contributed by atoms with Crippen molar-refractivity contribution in [1.82, 2.24) is 15.0 Å². The molecule has 92 valence electrons. The second-order valence-corrected chi connectivity index (χ2v) is 3.02. The number of methoxy groups -OCH3 is 2. The largest absolute Gasteiger partial charge is 0.467 e. The Morgan fingerprint density at radius 1 is 1.29 bits per heavy atom. The van der Waals surface area contributed by atoms with Crippen LogP contribution in [0.2, 0.25) is 0 Å². The zero-order chi connectivity index (χ0) is 12.7. The summed E-state index contributed by atoms with van der Waals surface area (Å²) < 4.78 is 14.8. The molecule has 0 aliphatic rings. The minimum atomic E-state index is 0.117. The summed E-state index contributed by atoms with van der Waals surface area (Å²) in [6.45, 7) is 3.80. The monoisotopic (exact) mass is 256 g/mol. The highest BCUT2D eigenvalue weighted by atomic mass is 32.1. The predicted octanol–water partition coefficient (Wildman–Crippen LogP) is 0.788. The number of rotatable bonds is 5. The van der Waals surface area contributed by atoms with E-state index >= 15 is 0 Å². The maximum absolute atomic E-state index is 5.06. The van der Waals surface area contributed by atoms with Crippen molar-refractivity contribution in [3.05, 3.63) is 12.7 Å². The van der Waals surface area contributed by atoms with Crippen LogP contribution in [0, 0.1) is 0 Å². The number of thiocarbonyl (C=S) groups is 1. The molecule has 0 radical (unpaired) electrons. The van der Waals surface area contributed by atoms with Crippen LogP contribution in [0.3, 0.4) is 0 Å². The summed E-state index contributed by atoms with van der Waals surface area (Å²) in [5.41, 5.74) is 0. The smallest absolute Gasteiger partial charge is 0.324 e. The van der Waals surface area contributed by atoms with E-state index in [0.717, 1.165) is 0 Å². The molecule has 0 bridgehead atoms. The van der Waals surface area contributed by atoms with E-state index in [-0.39, 0.29) is 23.1 Å². The fourth-order valence-corrected chi connectivity index (χ4v) is 0.998. The Bertz CT molecular complexity index is 391. The number of hydrogen-bond acceptors (Lipinski definition) is 7. The molecule has 0 atom stereocenters. The molecule has 8 heteroatoms. The highest BCUT2D eigenvalue weighted by Crippen LogP contribution is 2.11. The van der Waals surface area contributed by atoms with Gasteiger partial charge in [0, 0.05) is 0 Å². The van der Waals surface area contributed by atoms with E-state index in [1.54, 1.807) is 6.08 Å². The minimum absolute atomic E-state index is 0.117. The Balaban J connectivity index is 2.75. The van der Waals surface area contributed by atoms with Crippen molar-refractivity contribution in [3.63, 3.8) is 0 Å². The van der Waals surface area contributed by atoms with Crippen LogP contribution < -0.4 is 14.8 Å². The maximum Gasteiger partial charge on any atom is 0.324 e. The molecule has 0 aliphatic carbocycles. The van der Waals surface area contributed by atoms with Gasteiger partial charge in [-0.2, -0.15) is 9.97 Å². The van der Waals surface area contributed by atoms with Crippen LogP contribution in [0.15, 0.2) is 12.7 Å². The van der Waals surface area contributed by atoms with Crippen molar-refractivity contribution >= 4 is 23.3 Å². The molecular weight excluding hydrogens is 244 g/mol. The first-order chi connectivity index (χ1) is 8.19. The topological polar surface area (TPSA) is 78.4 Å². The van der Waals surface area contributed by atoms with Crippen molar-refractivity contribution in [2.45, 2.75) is 0 Å². The highest BCUT2D eigenvalue weighted by molar-refractivity contribution is 7.80. The van der Waals surface area contributed by atoms with Crippen LogP contribution in [0.5, 0.6) is 12.0 Å². The molecule has 0 unspecified atom stereocenters. The Morgan fingerprint density at radius 2 is 1.88 bits per heavy atom. The lowest BCUT2D eigenvalue weighted by molar-refractivity contribution is 0.340. The lowest BCUT2D eigenvalue weighted by Gasteiger charge is -2.08. The van der Waals surface area contributed by atoms with Gasteiger partial charge in [-0.05, 0) is 12.2 Å². The van der Waals surface area contributed by atoms with E-state index in [9.17, 15) is 0 Å². The number of ether oxygens (including phenoxy) is 3. The Kier molecular flexibility index (Phi) is 5.08. The molecule has 0 spiro atoms. The number of aromatic nitrogens is 3. The van der Waals surface area contributed by atoms with Gasteiger partial charge in [0.15, 0.2) is 0 Å². The normalized spacial score (nSPS) is 9.29. The first-order valence-corrected chi connectivity index (χ1v) is 4.99. The van der Waals surface area contributed by atoms with Gasteiger partial charge in [0.05, 0.1) is 14.2 Å². The van der Waals surface area contributed by atoms with Gasteiger partial charge in [-0.3, -0.25) is 5.32 Å². The molecule has 1 N–H and O–H groups in total. The van der Waals surface area contributed by atoms with Gasteiger partial charge in [-0.15, -0.1) is 4.98 Å². The van der Waals surface area contributed by atoms with Crippen molar-refractivity contribution in [2.24, 2.45) is 0 Å². The zero-order valence-electron chi connectivity index (χ0n) is 9.47. The lowest BCUT2D eigenvalue weighted by Crippen LogP contribution is -2.16. The Morgan fingerprint density at radius 3 is 2.35 bits per heavy atom. The van der Waals surface area contributed by atoms with E-state index in [1.165, 1.54) is 14.2 Å². The third-order valence-electron chi connectivity index (χ3n) is 1.51. The summed E-state index contributed by atoms with van der Waals surface area (Å²) in [4.78, 5) is 11.7. The van der Waals surface area contributed by atoms with Gasteiger partial charge in [-0.1, -0.05) is 12.7 Å². The molecule has 0 fully saturated rings. The second kappa shape index (κ2) is 6.59. The summed E-state index contributed by atoms with van der Waals surface area (Å²) in [6, 6.07) is 0.233. The van der Waals surface area contributed by atoms with Crippen LogP contribution >= 0.6 is 12.2 Å². The first kappa shape index (κ1) is 13.1.